The summed E-state index contributed by atoms with van der Waals surface area (Å²) in [4.78, 5) is 44.6. The first-order valence-corrected chi connectivity index (χ1v) is 24.9. The van der Waals surface area contributed by atoms with Crippen LogP contribution in [0.5, 0.6) is 0 Å². The molecular formula is C56H84O7. The lowest BCUT2D eigenvalue weighted by Gasteiger charge is -2.68. The minimum absolute atomic E-state index is 0.00505. The maximum absolute atomic E-state index is 15.8. The van der Waals surface area contributed by atoms with Gasteiger partial charge in [0, 0.05) is 6.42 Å². The number of aliphatic hydroxyl groups is 1. The largest absolute Gasteiger partial charge is 0.463 e. The van der Waals surface area contributed by atoms with Crippen LogP contribution in [0, 0.1) is 73.4 Å². The van der Waals surface area contributed by atoms with Crippen LogP contribution in [-0.4, -0.2) is 41.3 Å². The Labute approximate surface area is 380 Å². The lowest BCUT2D eigenvalue weighted by atomic mass is 9.35. The predicted molar refractivity (Wildman–Crippen MR) is 251 cm³/mol. The molecule has 7 heteroatoms. The van der Waals surface area contributed by atoms with Crippen molar-refractivity contribution >= 4 is 28.7 Å². The lowest BCUT2D eigenvalue weighted by Crippen LogP contribution is -2.69. The van der Waals surface area contributed by atoms with E-state index in [1.807, 2.05) is 12.1 Å². The van der Waals surface area contributed by atoms with Crippen LogP contribution in [0.25, 0.3) is 10.8 Å². The van der Waals surface area contributed by atoms with E-state index in [4.69, 9.17) is 14.2 Å². The zero-order valence-corrected chi connectivity index (χ0v) is 42.0. The molecule has 6 atom stereocenters. The molecule has 0 amide bonds. The molecular weight excluding hydrogens is 785 g/mol. The van der Waals surface area contributed by atoms with Crippen LogP contribution in [0.3, 0.4) is 0 Å². The third-order valence-electron chi connectivity index (χ3n) is 21.4. The monoisotopic (exact) mass is 869 g/mol. The topological polar surface area (TPSA) is 99.1 Å². The Morgan fingerprint density at radius 3 is 1.81 bits per heavy atom. The van der Waals surface area contributed by atoms with Crippen molar-refractivity contribution < 1.29 is 33.7 Å². The highest BCUT2D eigenvalue weighted by Gasteiger charge is 2.73. The number of esters is 3. The summed E-state index contributed by atoms with van der Waals surface area (Å²) in [6.45, 7) is 32.9. The van der Waals surface area contributed by atoms with Crippen LogP contribution in [0.15, 0.2) is 42.5 Å². The van der Waals surface area contributed by atoms with E-state index in [1.54, 1.807) is 0 Å². The number of ether oxygens (including phenoxy) is 3. The fourth-order valence-corrected chi connectivity index (χ4v) is 15.2. The minimum Gasteiger partial charge on any atom is -0.463 e. The molecule has 4 bridgehead atoms. The molecule has 6 aliphatic rings. The molecule has 6 fully saturated rings. The van der Waals surface area contributed by atoms with Crippen LogP contribution < -0.4 is 0 Å². The highest BCUT2D eigenvalue weighted by molar-refractivity contribution is 5.85. The molecule has 63 heavy (non-hydrogen) atoms. The molecule has 2 aromatic carbocycles. The number of hydrogen-bond donors (Lipinski definition) is 1. The molecule has 0 aromatic heterocycles. The average molecular weight is 869 g/mol. The van der Waals surface area contributed by atoms with Gasteiger partial charge in [-0.3, -0.25) is 9.59 Å². The fraction of sp³-hybridized carbons (Fsp3) is 0.768. The predicted octanol–water partition coefficient (Wildman–Crippen LogP) is 13.0. The summed E-state index contributed by atoms with van der Waals surface area (Å²) in [6, 6.07) is 14.7. The number of fused-ring (bicyclic) bond motifs is 1. The Kier molecular flexibility index (Phi) is 12.1. The molecule has 7 nitrogen and oxygen atoms in total. The van der Waals surface area contributed by atoms with E-state index in [2.05, 4.69) is 134 Å². The first-order chi connectivity index (χ1) is 29.1. The van der Waals surface area contributed by atoms with E-state index < -0.39 is 67.1 Å². The highest BCUT2D eigenvalue weighted by Crippen LogP contribution is 2.73. The van der Waals surface area contributed by atoms with Gasteiger partial charge in [0.25, 0.3) is 0 Å². The number of rotatable bonds is 13. The number of cyclic esters (lactones) is 1. The SMILES string of the molecule is CCC1CC(C(C)(C)C(C)(C)C(C)(C(=O)OC2CCOC2=O)C(C)(C)C(C)(C)C(C)(C(=O)OC2(CC)C3CC4CC(C3)CC2C4)C(C)(C)C)CC(O)(c2ccc3ccccc3c2)C1. The molecule has 5 saturated carbocycles. The van der Waals surface area contributed by atoms with Gasteiger partial charge in [-0.25, -0.2) is 4.79 Å². The first-order valence-electron chi connectivity index (χ1n) is 24.9. The van der Waals surface area contributed by atoms with Crippen molar-refractivity contribution in [3.05, 3.63) is 48.0 Å². The summed E-state index contributed by atoms with van der Waals surface area (Å²) in [7, 11) is 0. The molecule has 2 aromatic rings. The summed E-state index contributed by atoms with van der Waals surface area (Å²) in [6.07, 6.45) is 9.06. The van der Waals surface area contributed by atoms with E-state index in [-0.39, 0.29) is 24.4 Å². The molecule has 350 valence electrons. The van der Waals surface area contributed by atoms with Crippen LogP contribution in [0.2, 0.25) is 0 Å². The average Bonchev–Trinajstić information content (AvgIpc) is 3.63. The van der Waals surface area contributed by atoms with Crippen LogP contribution in [0.4, 0.5) is 0 Å². The number of carbonyl (C=O) groups excluding carboxylic acids is 3. The highest BCUT2D eigenvalue weighted by atomic mass is 16.6. The second-order valence-electron chi connectivity index (χ2n) is 25.2. The second-order valence-corrected chi connectivity index (χ2v) is 25.2. The van der Waals surface area contributed by atoms with Crippen molar-refractivity contribution in [3.8, 4) is 0 Å². The van der Waals surface area contributed by atoms with Crippen molar-refractivity contribution in [2.75, 3.05) is 6.61 Å². The molecule has 1 aliphatic heterocycles. The summed E-state index contributed by atoms with van der Waals surface area (Å²) >= 11 is 0. The van der Waals surface area contributed by atoms with E-state index in [0.717, 1.165) is 73.1 Å². The summed E-state index contributed by atoms with van der Waals surface area (Å²) < 4.78 is 19.0. The van der Waals surface area contributed by atoms with E-state index in [1.165, 1.54) is 6.42 Å². The van der Waals surface area contributed by atoms with Gasteiger partial charge in [-0.1, -0.05) is 133 Å². The second kappa shape index (κ2) is 15.9. The number of hydrogen-bond acceptors (Lipinski definition) is 7. The van der Waals surface area contributed by atoms with Gasteiger partial charge in [0.05, 0.1) is 23.0 Å². The smallest absolute Gasteiger partial charge is 0.347 e. The normalized spacial score (nSPS) is 33.4. The molecule has 6 unspecified atom stereocenters. The molecule has 1 N–H and O–H groups in total. The number of benzene rings is 2. The number of carbonyl (C=O) groups is 3. The van der Waals surface area contributed by atoms with E-state index in [9.17, 15) is 9.90 Å². The first kappa shape index (κ1) is 48.0. The van der Waals surface area contributed by atoms with Gasteiger partial charge in [-0.05, 0) is 157 Å². The third-order valence-corrected chi connectivity index (χ3v) is 21.4. The van der Waals surface area contributed by atoms with Crippen LogP contribution in [-0.2, 0) is 34.2 Å². The van der Waals surface area contributed by atoms with Gasteiger partial charge >= 0.3 is 17.9 Å². The van der Waals surface area contributed by atoms with Crippen molar-refractivity contribution in [3.63, 3.8) is 0 Å². The van der Waals surface area contributed by atoms with Crippen LogP contribution in [0.1, 0.15) is 180 Å². The van der Waals surface area contributed by atoms with Crippen molar-refractivity contribution in [1.29, 1.82) is 0 Å². The zero-order chi connectivity index (χ0) is 46.6. The van der Waals surface area contributed by atoms with Gasteiger partial charge < -0.3 is 19.3 Å². The third kappa shape index (κ3) is 7.06. The fourth-order valence-electron chi connectivity index (χ4n) is 15.2. The van der Waals surface area contributed by atoms with Gasteiger partial charge in [0.15, 0.2) is 0 Å². The molecule has 0 spiro atoms. The molecule has 5 aliphatic carbocycles. The van der Waals surface area contributed by atoms with Crippen molar-refractivity contribution in [1.82, 2.24) is 0 Å². The Bertz CT molecular complexity index is 2040. The summed E-state index contributed by atoms with van der Waals surface area (Å²) in [5, 5.41) is 15.2. The Morgan fingerprint density at radius 2 is 1.29 bits per heavy atom. The van der Waals surface area contributed by atoms with Crippen molar-refractivity contribution in [2.45, 2.75) is 192 Å². The van der Waals surface area contributed by atoms with E-state index >= 15 is 9.59 Å². The molecule has 0 radical (unpaired) electrons. The Hall–Kier alpha value is -2.93. The standard InChI is InChI=1S/C56H84O7/c1-16-35-27-43(34-55(60,33-35)40-23-22-38-20-18-19-21-39(38)32-40)49(6,7)50(8,9)54(15,46(58)62-44-24-25-61-45(44)57)52(12,13)51(10,11)53(14,48(3,4)5)47(59)63-56(17-2)41-28-36-26-37(30-41)31-42(56)29-36/h18-23,32,35-37,41-44,60H,16-17,24-31,33-34H2,1-15H3. The van der Waals surface area contributed by atoms with Crippen molar-refractivity contribution in [2.24, 2.45) is 73.4 Å². The molecule has 1 heterocycles. The zero-order valence-electron chi connectivity index (χ0n) is 42.0. The Morgan fingerprint density at radius 1 is 0.714 bits per heavy atom. The van der Waals surface area contributed by atoms with Gasteiger partial charge in [0.2, 0.25) is 6.10 Å². The maximum Gasteiger partial charge on any atom is 0.347 e. The molecule has 1 saturated heterocycles. The maximum atomic E-state index is 15.8. The van der Waals surface area contributed by atoms with E-state index in [0.29, 0.717) is 31.1 Å². The quantitative estimate of drug-likeness (QED) is 0.158. The van der Waals surface area contributed by atoms with Gasteiger partial charge in [0.1, 0.15) is 5.60 Å². The Balaban J connectivity index is 1.32. The minimum atomic E-state index is -1.30. The van der Waals surface area contributed by atoms with Crippen LogP contribution >= 0.6 is 0 Å². The summed E-state index contributed by atoms with van der Waals surface area (Å²) in [5.74, 6) is 1.37. The lowest BCUT2D eigenvalue weighted by molar-refractivity contribution is -0.254. The van der Waals surface area contributed by atoms with Gasteiger partial charge in [-0.2, -0.15) is 0 Å². The summed E-state index contributed by atoms with van der Waals surface area (Å²) in [5.41, 5.74) is -6.84. The van der Waals surface area contributed by atoms with Gasteiger partial charge in [-0.15, -0.1) is 0 Å². The molecule has 8 rings (SSSR count).